The molecule has 0 spiro atoms. The van der Waals surface area contributed by atoms with Crippen molar-refractivity contribution >= 4 is 45.6 Å². The van der Waals surface area contributed by atoms with Crippen molar-refractivity contribution < 1.29 is 14.3 Å². The molecule has 0 aliphatic rings. The van der Waals surface area contributed by atoms with Crippen LogP contribution in [0, 0.1) is 0 Å². The number of anilines is 2. The largest absolute Gasteiger partial charge is 0.495 e. The summed E-state index contributed by atoms with van der Waals surface area (Å²) >= 11 is 2.60. The fourth-order valence-electron chi connectivity index (χ4n) is 2.27. The molecular weight excluding hydrogens is 396 g/mol. The van der Waals surface area contributed by atoms with Crippen LogP contribution in [0.4, 0.5) is 10.8 Å². The van der Waals surface area contributed by atoms with Crippen LogP contribution in [0.15, 0.2) is 58.9 Å². The number of hydrogen-bond donors (Lipinski definition) is 2. The smallest absolute Gasteiger partial charge is 0.230 e. The van der Waals surface area contributed by atoms with Crippen molar-refractivity contribution in [1.82, 2.24) is 15.5 Å². The molecule has 144 valence electrons. The Morgan fingerprint density at radius 1 is 1.07 bits per heavy atom. The Kier molecular flexibility index (Phi) is 6.99. The monoisotopic (exact) mass is 414 g/mol. The van der Waals surface area contributed by atoms with Crippen LogP contribution in [0.25, 0.3) is 0 Å². The Morgan fingerprint density at radius 2 is 1.82 bits per heavy atom. The van der Waals surface area contributed by atoms with E-state index in [0.29, 0.717) is 20.8 Å². The molecule has 0 atom stereocenters. The Labute approximate surface area is 170 Å². The summed E-state index contributed by atoms with van der Waals surface area (Å²) in [6.45, 7) is -0.0276. The van der Waals surface area contributed by atoms with Gasteiger partial charge in [0.1, 0.15) is 5.75 Å². The summed E-state index contributed by atoms with van der Waals surface area (Å²) in [5.74, 6) is 0.502. The highest BCUT2D eigenvalue weighted by molar-refractivity contribution is 8.01. The molecular formula is C19H18N4O3S2. The van der Waals surface area contributed by atoms with E-state index in [2.05, 4.69) is 20.8 Å². The molecule has 2 aromatic carbocycles. The van der Waals surface area contributed by atoms with Crippen LogP contribution in [0.1, 0.15) is 10.4 Å². The quantitative estimate of drug-likeness (QED) is 0.409. The number of hydrogen-bond acceptors (Lipinski definition) is 8. The number of rotatable bonds is 9. The lowest BCUT2D eigenvalue weighted by molar-refractivity contribution is -0.118. The fourth-order valence-corrected chi connectivity index (χ4v) is 3.86. The molecule has 1 aromatic heterocycles. The minimum Gasteiger partial charge on any atom is -0.495 e. The number of benzene rings is 2. The highest BCUT2D eigenvalue weighted by atomic mass is 32.2. The van der Waals surface area contributed by atoms with E-state index in [1.165, 1.54) is 23.1 Å². The normalized spacial score (nSPS) is 10.3. The van der Waals surface area contributed by atoms with Gasteiger partial charge in [-0.3, -0.25) is 9.59 Å². The number of amides is 1. The first-order valence-electron chi connectivity index (χ1n) is 8.37. The molecule has 0 radical (unpaired) electrons. The topological polar surface area (TPSA) is 93.2 Å². The lowest BCUT2D eigenvalue weighted by Gasteiger charge is -2.07. The van der Waals surface area contributed by atoms with E-state index >= 15 is 0 Å². The van der Waals surface area contributed by atoms with Crippen LogP contribution in [0.2, 0.25) is 0 Å². The summed E-state index contributed by atoms with van der Waals surface area (Å²) in [7, 11) is 1.60. The van der Waals surface area contributed by atoms with Crippen molar-refractivity contribution in [2.45, 2.75) is 4.34 Å². The van der Waals surface area contributed by atoms with Gasteiger partial charge in [0.25, 0.3) is 0 Å². The number of methoxy groups -OCH3 is 1. The van der Waals surface area contributed by atoms with Crippen molar-refractivity contribution in [2.24, 2.45) is 0 Å². The van der Waals surface area contributed by atoms with Gasteiger partial charge in [-0.2, -0.15) is 0 Å². The summed E-state index contributed by atoms with van der Waals surface area (Å²) in [6, 6.07) is 16.4. The molecule has 1 heterocycles. The molecule has 0 bridgehead atoms. The number of carbonyl (C=O) groups excluding carboxylic acids is 2. The molecule has 0 saturated heterocycles. The number of nitrogens with one attached hydrogen (secondary N) is 2. The lowest BCUT2D eigenvalue weighted by Crippen LogP contribution is -2.30. The van der Waals surface area contributed by atoms with E-state index in [0.717, 1.165) is 5.69 Å². The molecule has 0 aliphatic heterocycles. The number of nitrogens with zero attached hydrogens (tertiary/aromatic N) is 2. The van der Waals surface area contributed by atoms with E-state index < -0.39 is 0 Å². The standard InChI is InChI=1S/C19H18N4O3S2/c1-26-16-10-6-5-9-14(16)21-18-22-23-19(28-18)27-12-17(25)20-11-15(24)13-7-3-2-4-8-13/h2-10H,11-12H2,1H3,(H,20,25)(H,21,22). The molecule has 7 nitrogen and oxygen atoms in total. The number of aromatic nitrogens is 2. The number of ether oxygens (including phenoxy) is 1. The first-order chi connectivity index (χ1) is 13.7. The third-order valence-electron chi connectivity index (χ3n) is 3.62. The summed E-state index contributed by atoms with van der Waals surface area (Å²) in [6.07, 6.45) is 0. The van der Waals surface area contributed by atoms with Gasteiger partial charge in [-0.25, -0.2) is 0 Å². The van der Waals surface area contributed by atoms with E-state index in [-0.39, 0.29) is 24.0 Å². The van der Waals surface area contributed by atoms with Crippen LogP contribution in [0.3, 0.4) is 0 Å². The zero-order valence-electron chi connectivity index (χ0n) is 15.0. The van der Waals surface area contributed by atoms with Crippen LogP contribution < -0.4 is 15.4 Å². The van der Waals surface area contributed by atoms with Crippen molar-refractivity contribution in [3.63, 3.8) is 0 Å². The molecule has 28 heavy (non-hydrogen) atoms. The van der Waals surface area contributed by atoms with Gasteiger partial charge in [0.05, 0.1) is 25.1 Å². The first-order valence-corrected chi connectivity index (χ1v) is 10.2. The van der Waals surface area contributed by atoms with Gasteiger partial charge >= 0.3 is 0 Å². The Morgan fingerprint density at radius 3 is 2.61 bits per heavy atom. The second kappa shape index (κ2) is 9.86. The van der Waals surface area contributed by atoms with Gasteiger partial charge in [0, 0.05) is 5.56 Å². The summed E-state index contributed by atoms with van der Waals surface area (Å²) in [5.41, 5.74) is 1.36. The molecule has 9 heteroatoms. The summed E-state index contributed by atoms with van der Waals surface area (Å²) < 4.78 is 5.94. The summed E-state index contributed by atoms with van der Waals surface area (Å²) in [5, 5.41) is 14.5. The van der Waals surface area contributed by atoms with Crippen LogP contribution >= 0.6 is 23.1 Å². The van der Waals surface area contributed by atoms with Gasteiger partial charge in [0.2, 0.25) is 11.0 Å². The minimum atomic E-state index is -0.233. The number of thioether (sulfide) groups is 1. The lowest BCUT2D eigenvalue weighted by atomic mass is 10.1. The zero-order chi connectivity index (χ0) is 19.8. The van der Waals surface area contributed by atoms with Gasteiger partial charge < -0.3 is 15.4 Å². The second-order valence-electron chi connectivity index (χ2n) is 5.55. The maximum Gasteiger partial charge on any atom is 0.230 e. The SMILES string of the molecule is COc1ccccc1Nc1nnc(SCC(=O)NCC(=O)c2ccccc2)s1. The highest BCUT2D eigenvalue weighted by Gasteiger charge is 2.11. The Balaban J connectivity index is 1.46. The number of para-hydroxylation sites is 2. The van der Waals surface area contributed by atoms with Crippen LogP contribution in [-0.2, 0) is 4.79 Å². The Bertz CT molecular complexity index is 947. The van der Waals surface area contributed by atoms with Gasteiger partial charge in [-0.15, -0.1) is 10.2 Å². The zero-order valence-corrected chi connectivity index (χ0v) is 16.7. The number of ketones is 1. The average molecular weight is 415 g/mol. The second-order valence-corrected chi connectivity index (χ2v) is 7.75. The minimum absolute atomic E-state index is 0.0276. The first kappa shape index (κ1) is 19.8. The van der Waals surface area contributed by atoms with E-state index in [9.17, 15) is 9.59 Å². The predicted molar refractivity (Wildman–Crippen MR) is 111 cm³/mol. The molecule has 1 amide bonds. The number of carbonyl (C=O) groups is 2. The van der Waals surface area contributed by atoms with E-state index in [1.54, 1.807) is 31.4 Å². The maximum absolute atomic E-state index is 12.0. The van der Waals surface area contributed by atoms with Gasteiger partial charge in [-0.05, 0) is 12.1 Å². The predicted octanol–water partition coefficient (Wildman–Crippen LogP) is 3.38. The number of Topliss-reactive ketones (excluding diaryl/α,β-unsaturated/α-hetero) is 1. The third kappa shape index (κ3) is 5.54. The van der Waals surface area contributed by atoms with Crippen LogP contribution in [-0.4, -0.2) is 41.3 Å². The highest BCUT2D eigenvalue weighted by Crippen LogP contribution is 2.31. The van der Waals surface area contributed by atoms with Crippen molar-refractivity contribution in [2.75, 3.05) is 24.7 Å². The van der Waals surface area contributed by atoms with E-state index in [1.807, 2.05) is 30.3 Å². The fraction of sp³-hybridized carbons (Fsp3) is 0.158. The average Bonchev–Trinajstić information content (AvgIpc) is 3.19. The molecule has 0 fully saturated rings. The Hall–Kier alpha value is -2.91. The van der Waals surface area contributed by atoms with Gasteiger partial charge in [0.15, 0.2) is 10.1 Å². The van der Waals surface area contributed by atoms with Gasteiger partial charge in [-0.1, -0.05) is 65.6 Å². The molecule has 3 rings (SSSR count). The molecule has 3 aromatic rings. The summed E-state index contributed by atoms with van der Waals surface area (Å²) in [4.78, 5) is 24.0. The molecule has 2 N–H and O–H groups in total. The van der Waals surface area contributed by atoms with Crippen molar-refractivity contribution in [3.05, 3.63) is 60.2 Å². The van der Waals surface area contributed by atoms with E-state index in [4.69, 9.17) is 4.74 Å². The molecule has 0 saturated carbocycles. The van der Waals surface area contributed by atoms with Crippen LogP contribution in [0.5, 0.6) is 5.75 Å². The third-order valence-corrected chi connectivity index (χ3v) is 5.60. The molecule has 0 unspecified atom stereocenters. The molecule has 0 aliphatic carbocycles. The van der Waals surface area contributed by atoms with Crippen molar-refractivity contribution in [1.29, 1.82) is 0 Å². The van der Waals surface area contributed by atoms with Crippen molar-refractivity contribution in [3.8, 4) is 5.75 Å². The maximum atomic E-state index is 12.0.